The summed E-state index contributed by atoms with van der Waals surface area (Å²) in [5.41, 5.74) is 4.10. The lowest BCUT2D eigenvalue weighted by Crippen LogP contribution is -2.37. The van der Waals surface area contributed by atoms with Gasteiger partial charge in [0.15, 0.2) is 0 Å². The first-order valence-electron chi connectivity index (χ1n) is 9.44. The molecule has 1 N–H and O–H groups in total. The van der Waals surface area contributed by atoms with E-state index in [-0.39, 0.29) is 12.5 Å². The molecule has 0 spiro atoms. The maximum atomic E-state index is 12.2. The highest BCUT2D eigenvalue weighted by Gasteiger charge is 2.29. The summed E-state index contributed by atoms with van der Waals surface area (Å²) in [5.74, 6) is -0.470. The number of carbonyl (C=O) groups excluding carboxylic acids is 2. The molecule has 1 aliphatic carbocycles. The summed E-state index contributed by atoms with van der Waals surface area (Å²) < 4.78 is 10.7. The average Bonchev–Trinajstić information content (AvgIpc) is 2.92. The number of benzene rings is 2. The fraction of sp³-hybridized carbons (Fsp3) is 0.348. The van der Waals surface area contributed by atoms with Gasteiger partial charge in [0.05, 0.1) is 6.42 Å². The SMILES string of the molecule is CC([CH]C(=O)OC(C)(C)C)NC(=O)OCC1c2ccccc2-c2ccccc21. The Bertz CT molecular complexity index is 823. The standard InChI is InChI=1S/C23H26NO4/c1-15(13-21(25)28-23(2,3)4)24-22(26)27-14-20-18-11-7-5-9-16(18)17-10-6-8-12-19(17)20/h5-13,15,20H,14H2,1-4H3,(H,24,26). The fourth-order valence-electron chi connectivity index (χ4n) is 3.41. The topological polar surface area (TPSA) is 64.6 Å². The van der Waals surface area contributed by atoms with Gasteiger partial charge >= 0.3 is 12.1 Å². The van der Waals surface area contributed by atoms with Crippen LogP contribution < -0.4 is 5.32 Å². The Kier molecular flexibility index (Phi) is 5.73. The Balaban J connectivity index is 1.57. The fourth-order valence-corrected chi connectivity index (χ4v) is 3.41. The molecule has 5 nitrogen and oxygen atoms in total. The molecule has 1 aliphatic rings. The normalized spacial score (nSPS) is 14.0. The van der Waals surface area contributed by atoms with Gasteiger partial charge in [-0.05, 0) is 49.9 Å². The van der Waals surface area contributed by atoms with E-state index in [0.29, 0.717) is 0 Å². The molecule has 147 valence electrons. The molecule has 0 aromatic heterocycles. The highest BCUT2D eigenvalue weighted by Crippen LogP contribution is 2.44. The molecule has 0 fully saturated rings. The minimum absolute atomic E-state index is 0.00305. The molecule has 2 aromatic rings. The van der Waals surface area contributed by atoms with Gasteiger partial charge in [-0.25, -0.2) is 4.79 Å². The first kappa shape index (κ1) is 19.9. The first-order chi connectivity index (χ1) is 13.2. The minimum atomic E-state index is -0.572. The predicted molar refractivity (Wildman–Crippen MR) is 108 cm³/mol. The molecule has 0 saturated heterocycles. The minimum Gasteiger partial charge on any atom is -0.460 e. The van der Waals surface area contributed by atoms with Crippen LogP contribution in [0.4, 0.5) is 4.79 Å². The van der Waals surface area contributed by atoms with Crippen molar-refractivity contribution < 1.29 is 19.1 Å². The number of amides is 1. The van der Waals surface area contributed by atoms with E-state index in [1.165, 1.54) is 17.5 Å². The van der Waals surface area contributed by atoms with Crippen molar-refractivity contribution in [2.45, 2.75) is 45.3 Å². The molecule has 0 bridgehead atoms. The van der Waals surface area contributed by atoms with E-state index in [1.807, 2.05) is 24.3 Å². The summed E-state index contributed by atoms with van der Waals surface area (Å²) in [7, 11) is 0. The second-order valence-corrected chi connectivity index (χ2v) is 7.96. The Morgan fingerprint density at radius 2 is 1.57 bits per heavy atom. The van der Waals surface area contributed by atoms with Crippen LogP contribution >= 0.6 is 0 Å². The molecule has 2 aromatic carbocycles. The van der Waals surface area contributed by atoms with E-state index < -0.39 is 23.7 Å². The maximum absolute atomic E-state index is 12.2. The lowest BCUT2D eigenvalue weighted by atomic mass is 9.98. The third-order valence-corrected chi connectivity index (χ3v) is 4.48. The van der Waals surface area contributed by atoms with E-state index in [4.69, 9.17) is 9.47 Å². The van der Waals surface area contributed by atoms with E-state index >= 15 is 0 Å². The van der Waals surface area contributed by atoms with Crippen LogP contribution in [0.3, 0.4) is 0 Å². The average molecular weight is 380 g/mol. The second-order valence-electron chi connectivity index (χ2n) is 7.96. The van der Waals surface area contributed by atoms with Crippen LogP contribution in [0.5, 0.6) is 0 Å². The number of ether oxygens (including phenoxy) is 2. The monoisotopic (exact) mass is 380 g/mol. The Labute approximate surface area is 166 Å². The predicted octanol–water partition coefficient (Wildman–Crippen LogP) is 4.46. The first-order valence-corrected chi connectivity index (χ1v) is 9.44. The third kappa shape index (κ3) is 4.71. The number of esters is 1. The highest BCUT2D eigenvalue weighted by atomic mass is 16.6. The molecule has 1 unspecified atom stereocenters. The van der Waals surface area contributed by atoms with Crippen molar-refractivity contribution in [3.05, 3.63) is 66.1 Å². The van der Waals surface area contributed by atoms with Crippen LogP contribution in [-0.4, -0.2) is 30.3 Å². The summed E-state index contributed by atoms with van der Waals surface area (Å²) in [4.78, 5) is 24.0. The van der Waals surface area contributed by atoms with Gasteiger partial charge in [-0.3, -0.25) is 4.79 Å². The Hall–Kier alpha value is -2.82. The van der Waals surface area contributed by atoms with Crippen molar-refractivity contribution in [2.75, 3.05) is 6.61 Å². The second kappa shape index (κ2) is 8.05. The molecule has 0 heterocycles. The van der Waals surface area contributed by atoms with E-state index in [1.54, 1.807) is 27.7 Å². The lowest BCUT2D eigenvalue weighted by molar-refractivity contribution is -0.150. The summed E-state index contributed by atoms with van der Waals surface area (Å²) in [6, 6.07) is 15.8. The van der Waals surface area contributed by atoms with E-state index in [0.717, 1.165) is 11.1 Å². The Morgan fingerprint density at radius 1 is 1.04 bits per heavy atom. The smallest absolute Gasteiger partial charge is 0.407 e. The number of fused-ring (bicyclic) bond motifs is 3. The number of carbonyl (C=O) groups is 2. The number of hydrogen-bond acceptors (Lipinski definition) is 4. The van der Waals surface area contributed by atoms with Gasteiger partial charge in [-0.2, -0.15) is 0 Å². The van der Waals surface area contributed by atoms with Crippen LogP contribution in [0, 0.1) is 6.42 Å². The highest BCUT2D eigenvalue weighted by molar-refractivity contribution is 5.81. The van der Waals surface area contributed by atoms with Crippen LogP contribution in [0.1, 0.15) is 44.7 Å². The van der Waals surface area contributed by atoms with Gasteiger partial charge in [0.2, 0.25) is 0 Å². The molecule has 5 heteroatoms. The lowest BCUT2D eigenvalue weighted by Gasteiger charge is -2.21. The van der Waals surface area contributed by atoms with Gasteiger partial charge in [0.25, 0.3) is 0 Å². The zero-order valence-electron chi connectivity index (χ0n) is 16.7. The zero-order valence-corrected chi connectivity index (χ0v) is 16.7. The number of alkyl carbamates (subject to hydrolysis) is 1. The molecule has 1 atom stereocenters. The van der Waals surface area contributed by atoms with Gasteiger partial charge in [0, 0.05) is 12.0 Å². The third-order valence-electron chi connectivity index (χ3n) is 4.48. The number of rotatable bonds is 5. The molecule has 0 aliphatic heterocycles. The molecule has 1 radical (unpaired) electrons. The van der Waals surface area contributed by atoms with E-state index in [9.17, 15) is 9.59 Å². The molecular weight excluding hydrogens is 354 g/mol. The summed E-state index contributed by atoms with van der Waals surface area (Å²) in [6.45, 7) is 7.32. The van der Waals surface area contributed by atoms with Crippen LogP contribution in [0.15, 0.2) is 48.5 Å². The van der Waals surface area contributed by atoms with Crippen LogP contribution in [0.25, 0.3) is 11.1 Å². The van der Waals surface area contributed by atoms with Crippen molar-refractivity contribution in [3.8, 4) is 11.1 Å². The zero-order chi connectivity index (χ0) is 20.3. The van der Waals surface area contributed by atoms with Crippen molar-refractivity contribution in [1.82, 2.24) is 5.32 Å². The van der Waals surface area contributed by atoms with E-state index in [2.05, 4.69) is 29.6 Å². The van der Waals surface area contributed by atoms with Crippen LogP contribution in [0.2, 0.25) is 0 Å². The van der Waals surface area contributed by atoms with Gasteiger partial charge in [-0.1, -0.05) is 48.5 Å². The molecule has 28 heavy (non-hydrogen) atoms. The largest absolute Gasteiger partial charge is 0.460 e. The summed E-state index contributed by atoms with van der Waals surface area (Å²) in [5, 5.41) is 2.65. The van der Waals surface area contributed by atoms with Crippen molar-refractivity contribution in [2.24, 2.45) is 0 Å². The summed E-state index contributed by atoms with van der Waals surface area (Å²) in [6.07, 6.45) is 0.765. The van der Waals surface area contributed by atoms with Gasteiger partial charge in [0.1, 0.15) is 12.2 Å². The maximum Gasteiger partial charge on any atom is 0.407 e. The Morgan fingerprint density at radius 3 is 2.11 bits per heavy atom. The van der Waals surface area contributed by atoms with Crippen LogP contribution in [-0.2, 0) is 14.3 Å². The van der Waals surface area contributed by atoms with Gasteiger partial charge < -0.3 is 14.8 Å². The van der Waals surface area contributed by atoms with Crippen molar-refractivity contribution >= 4 is 12.1 Å². The van der Waals surface area contributed by atoms with Gasteiger partial charge in [-0.15, -0.1) is 0 Å². The molecule has 0 saturated carbocycles. The molecule has 3 rings (SSSR count). The summed E-state index contributed by atoms with van der Waals surface area (Å²) >= 11 is 0. The quantitative estimate of drug-likeness (QED) is 0.778. The molecular formula is C23H26NO4. The number of hydrogen-bond donors (Lipinski definition) is 1. The molecule has 1 amide bonds. The van der Waals surface area contributed by atoms with Crippen molar-refractivity contribution in [3.63, 3.8) is 0 Å². The number of nitrogens with one attached hydrogen (secondary N) is 1. The van der Waals surface area contributed by atoms with Crippen molar-refractivity contribution in [1.29, 1.82) is 0 Å².